The van der Waals surface area contributed by atoms with Crippen LogP contribution in [0.4, 0.5) is 0 Å². The van der Waals surface area contributed by atoms with Gasteiger partial charge in [-0.15, -0.1) is 22.7 Å². The van der Waals surface area contributed by atoms with Gasteiger partial charge < -0.3 is 14.6 Å². The Hall–Kier alpha value is -2.12. The minimum absolute atomic E-state index is 0.746. The van der Waals surface area contributed by atoms with E-state index in [1.807, 2.05) is 19.1 Å². The highest BCUT2D eigenvalue weighted by molar-refractivity contribution is 7.10. The van der Waals surface area contributed by atoms with Gasteiger partial charge in [0.1, 0.15) is 5.76 Å². The smallest absolute Gasteiger partial charge is 0.194 e. The van der Waals surface area contributed by atoms with Crippen molar-refractivity contribution in [3.8, 4) is 0 Å². The monoisotopic (exact) mass is 388 g/mol. The second kappa shape index (κ2) is 9.54. The summed E-state index contributed by atoms with van der Waals surface area (Å²) in [6.07, 6.45) is 3.51. The molecule has 3 aromatic heterocycles. The molecule has 0 fully saturated rings. The Labute approximate surface area is 162 Å². The minimum atomic E-state index is 0.746. The van der Waals surface area contributed by atoms with Crippen LogP contribution in [0.5, 0.6) is 0 Å². The van der Waals surface area contributed by atoms with Crippen LogP contribution in [0.2, 0.25) is 0 Å². The van der Waals surface area contributed by atoms with Gasteiger partial charge >= 0.3 is 0 Å². The Morgan fingerprint density at radius 3 is 2.88 bits per heavy atom. The van der Waals surface area contributed by atoms with Crippen molar-refractivity contribution in [2.24, 2.45) is 4.99 Å². The molecule has 0 aliphatic carbocycles. The van der Waals surface area contributed by atoms with E-state index >= 15 is 0 Å². The van der Waals surface area contributed by atoms with Crippen LogP contribution in [-0.4, -0.2) is 36.0 Å². The van der Waals surface area contributed by atoms with E-state index in [1.165, 1.54) is 4.88 Å². The number of hydrogen-bond donors (Lipinski definition) is 1. The standard InChI is InChI=1S/C19H24N4OS2/c1-15-22-16(14-26-15)13-23(2)19(20-9-7-17-5-3-11-24-17)21-10-8-18-6-4-12-25-18/h3-6,11-12,14H,7-10,13H2,1-2H3,(H,20,21). The van der Waals surface area contributed by atoms with Gasteiger partial charge in [0.2, 0.25) is 0 Å². The van der Waals surface area contributed by atoms with E-state index in [0.717, 1.165) is 54.9 Å². The Morgan fingerprint density at radius 2 is 2.19 bits per heavy atom. The molecule has 0 spiro atoms. The van der Waals surface area contributed by atoms with Gasteiger partial charge in [0.05, 0.1) is 23.5 Å². The Bertz CT molecular complexity index is 794. The fourth-order valence-electron chi connectivity index (χ4n) is 2.59. The lowest BCUT2D eigenvalue weighted by Crippen LogP contribution is -2.39. The van der Waals surface area contributed by atoms with Crippen molar-refractivity contribution in [1.29, 1.82) is 0 Å². The molecule has 0 atom stereocenters. The van der Waals surface area contributed by atoms with Gasteiger partial charge in [-0.3, -0.25) is 4.99 Å². The molecule has 0 unspecified atom stereocenters. The maximum absolute atomic E-state index is 5.40. The first-order valence-electron chi connectivity index (χ1n) is 8.66. The third-order valence-electron chi connectivity index (χ3n) is 3.86. The van der Waals surface area contributed by atoms with Crippen LogP contribution in [0.25, 0.3) is 0 Å². The molecular formula is C19H24N4OS2. The molecule has 0 aliphatic heterocycles. The Kier molecular flexibility index (Phi) is 6.85. The third-order valence-corrected chi connectivity index (χ3v) is 5.62. The molecule has 7 heteroatoms. The van der Waals surface area contributed by atoms with Crippen molar-refractivity contribution in [1.82, 2.24) is 15.2 Å². The fraction of sp³-hybridized carbons (Fsp3) is 0.368. The number of aliphatic imine (C=N–C) groups is 1. The Balaban J connectivity index is 1.58. The minimum Gasteiger partial charge on any atom is -0.469 e. The van der Waals surface area contributed by atoms with Gasteiger partial charge in [0.15, 0.2) is 5.96 Å². The van der Waals surface area contributed by atoms with Gasteiger partial charge in [-0.2, -0.15) is 0 Å². The maximum atomic E-state index is 5.40. The molecule has 26 heavy (non-hydrogen) atoms. The van der Waals surface area contributed by atoms with Crippen LogP contribution in [0.3, 0.4) is 0 Å². The summed E-state index contributed by atoms with van der Waals surface area (Å²) in [5, 5.41) is 8.77. The molecular weight excluding hydrogens is 364 g/mol. The predicted molar refractivity (Wildman–Crippen MR) is 109 cm³/mol. The Morgan fingerprint density at radius 1 is 1.27 bits per heavy atom. The van der Waals surface area contributed by atoms with Crippen LogP contribution in [0.1, 0.15) is 21.3 Å². The fourth-order valence-corrected chi connectivity index (χ4v) is 3.89. The topological polar surface area (TPSA) is 53.7 Å². The molecule has 3 rings (SSSR count). The molecule has 1 N–H and O–H groups in total. The van der Waals surface area contributed by atoms with Crippen molar-refractivity contribution in [3.63, 3.8) is 0 Å². The first-order valence-corrected chi connectivity index (χ1v) is 10.4. The lowest BCUT2D eigenvalue weighted by molar-refractivity contribution is 0.463. The van der Waals surface area contributed by atoms with E-state index < -0.39 is 0 Å². The van der Waals surface area contributed by atoms with Crippen LogP contribution in [0.15, 0.2) is 50.7 Å². The molecule has 3 heterocycles. The normalized spacial score (nSPS) is 11.7. The summed E-state index contributed by atoms with van der Waals surface area (Å²) in [5.41, 5.74) is 1.08. The number of aromatic nitrogens is 1. The molecule has 3 aromatic rings. The molecule has 138 valence electrons. The molecule has 0 saturated carbocycles. The van der Waals surface area contributed by atoms with Crippen molar-refractivity contribution in [2.75, 3.05) is 20.1 Å². The molecule has 0 aliphatic rings. The number of thiophene rings is 1. The van der Waals surface area contributed by atoms with Gasteiger partial charge in [-0.25, -0.2) is 4.98 Å². The van der Waals surface area contributed by atoms with Crippen LogP contribution in [-0.2, 0) is 19.4 Å². The number of rotatable bonds is 8. The lowest BCUT2D eigenvalue weighted by Gasteiger charge is -2.21. The van der Waals surface area contributed by atoms with Crippen LogP contribution < -0.4 is 5.32 Å². The van der Waals surface area contributed by atoms with E-state index in [1.54, 1.807) is 28.9 Å². The van der Waals surface area contributed by atoms with Crippen molar-refractivity contribution >= 4 is 28.6 Å². The molecule has 5 nitrogen and oxygen atoms in total. The van der Waals surface area contributed by atoms with Gasteiger partial charge in [0, 0.05) is 43.2 Å². The van der Waals surface area contributed by atoms with E-state index in [0.29, 0.717) is 0 Å². The summed E-state index contributed by atoms with van der Waals surface area (Å²) in [5.74, 6) is 1.88. The highest BCUT2D eigenvalue weighted by Crippen LogP contribution is 2.11. The summed E-state index contributed by atoms with van der Waals surface area (Å²) < 4.78 is 5.40. The molecule has 0 radical (unpaired) electrons. The highest BCUT2D eigenvalue weighted by Gasteiger charge is 2.09. The van der Waals surface area contributed by atoms with E-state index in [2.05, 4.69) is 45.1 Å². The number of furan rings is 1. The van der Waals surface area contributed by atoms with Gasteiger partial charge in [0.25, 0.3) is 0 Å². The average Bonchev–Trinajstić information content (AvgIpc) is 3.37. The molecule has 0 amide bonds. The zero-order chi connectivity index (χ0) is 18.2. The van der Waals surface area contributed by atoms with Gasteiger partial charge in [-0.1, -0.05) is 6.07 Å². The molecule has 0 saturated heterocycles. The number of guanidine groups is 1. The SMILES string of the molecule is Cc1nc(CN(C)C(=NCCc2cccs2)NCCc2ccco2)cs1. The zero-order valence-corrected chi connectivity index (χ0v) is 16.8. The zero-order valence-electron chi connectivity index (χ0n) is 15.1. The van der Waals surface area contributed by atoms with E-state index in [4.69, 9.17) is 9.41 Å². The molecule has 0 bridgehead atoms. The molecule has 0 aromatic carbocycles. The van der Waals surface area contributed by atoms with E-state index in [-0.39, 0.29) is 0 Å². The first-order chi connectivity index (χ1) is 12.7. The number of nitrogens with one attached hydrogen (secondary N) is 1. The number of thiazole rings is 1. The number of nitrogens with zero attached hydrogens (tertiary/aromatic N) is 3. The lowest BCUT2D eigenvalue weighted by atomic mass is 10.3. The van der Waals surface area contributed by atoms with Crippen molar-refractivity contribution in [3.05, 3.63) is 62.6 Å². The summed E-state index contributed by atoms with van der Waals surface area (Å²) in [7, 11) is 2.05. The highest BCUT2D eigenvalue weighted by atomic mass is 32.1. The summed E-state index contributed by atoms with van der Waals surface area (Å²) in [4.78, 5) is 12.9. The first kappa shape index (κ1) is 18.7. The van der Waals surface area contributed by atoms with Crippen LogP contribution >= 0.6 is 22.7 Å². The van der Waals surface area contributed by atoms with E-state index in [9.17, 15) is 0 Å². The average molecular weight is 389 g/mol. The number of aryl methyl sites for hydroxylation is 1. The second-order valence-corrected chi connectivity index (χ2v) is 8.10. The summed E-state index contributed by atoms with van der Waals surface area (Å²) in [6, 6.07) is 8.16. The predicted octanol–water partition coefficient (Wildman–Crippen LogP) is 3.97. The largest absolute Gasteiger partial charge is 0.469 e. The van der Waals surface area contributed by atoms with Gasteiger partial charge in [-0.05, 0) is 30.5 Å². The van der Waals surface area contributed by atoms with Crippen molar-refractivity contribution in [2.45, 2.75) is 26.3 Å². The maximum Gasteiger partial charge on any atom is 0.194 e. The number of hydrogen-bond acceptors (Lipinski definition) is 5. The quantitative estimate of drug-likeness (QED) is 0.469. The second-order valence-electron chi connectivity index (χ2n) is 6.00. The summed E-state index contributed by atoms with van der Waals surface area (Å²) in [6.45, 7) is 4.33. The summed E-state index contributed by atoms with van der Waals surface area (Å²) >= 11 is 3.46. The van der Waals surface area contributed by atoms with Crippen LogP contribution in [0, 0.1) is 6.92 Å². The van der Waals surface area contributed by atoms with Crippen molar-refractivity contribution < 1.29 is 4.42 Å². The third kappa shape index (κ3) is 5.71.